The molecule has 0 bridgehead atoms. The van der Waals surface area contributed by atoms with Crippen LogP contribution in [0, 0.1) is 5.41 Å². The Morgan fingerprint density at radius 2 is 1.40 bits per heavy atom. The molecule has 0 aromatic heterocycles. The number of hydrogen-bond acceptors (Lipinski definition) is 7. The standard InChI is InChI=1S/C35H50O7/c1-6-29-31(39-24-27-18-12-10-13-19-27)33(40-25-28-20-14-11-15-21-28)32(42-34(36)35(2,3)4)30(41-29)26-38-23-17-9-7-8-16-22-37-5/h7,9-15,18-21,29-33H,6,8,16-17,22-26H2,1-5H3/b9-7-/t29?,30-,31-,32?,33-/m0/s1. The molecule has 7 heteroatoms. The van der Waals surface area contributed by atoms with Crippen LogP contribution in [0.5, 0.6) is 0 Å². The van der Waals surface area contributed by atoms with Crippen molar-refractivity contribution in [2.45, 2.75) is 97.1 Å². The molecule has 3 rings (SSSR count). The van der Waals surface area contributed by atoms with Gasteiger partial charge in [-0.25, -0.2) is 0 Å². The van der Waals surface area contributed by atoms with Crippen LogP contribution in [0.25, 0.3) is 0 Å². The van der Waals surface area contributed by atoms with Gasteiger partial charge in [-0.05, 0) is 57.6 Å². The van der Waals surface area contributed by atoms with Crippen molar-refractivity contribution < 1.29 is 33.2 Å². The molecule has 1 aliphatic heterocycles. The largest absolute Gasteiger partial charge is 0.456 e. The average Bonchev–Trinajstić information content (AvgIpc) is 2.99. The molecule has 1 aliphatic rings. The quantitative estimate of drug-likeness (QED) is 0.117. The fourth-order valence-corrected chi connectivity index (χ4v) is 4.75. The molecule has 0 saturated carbocycles. The number of methoxy groups -OCH3 is 1. The van der Waals surface area contributed by atoms with E-state index in [1.807, 2.05) is 81.4 Å². The van der Waals surface area contributed by atoms with Crippen LogP contribution in [0.1, 0.15) is 64.5 Å². The Balaban J connectivity index is 1.79. The highest BCUT2D eigenvalue weighted by atomic mass is 16.6. The normalized spacial score (nSPS) is 22.8. The number of esters is 1. The van der Waals surface area contributed by atoms with Crippen LogP contribution in [0.2, 0.25) is 0 Å². The summed E-state index contributed by atoms with van der Waals surface area (Å²) in [5, 5.41) is 0. The minimum Gasteiger partial charge on any atom is -0.456 e. The number of unbranched alkanes of at least 4 members (excludes halogenated alkanes) is 1. The molecule has 2 aromatic rings. The van der Waals surface area contributed by atoms with Crippen molar-refractivity contribution >= 4 is 5.97 Å². The van der Waals surface area contributed by atoms with E-state index in [2.05, 4.69) is 19.1 Å². The minimum atomic E-state index is -0.700. The zero-order valence-electron chi connectivity index (χ0n) is 26.0. The Bertz CT molecular complexity index is 1030. The number of rotatable bonds is 17. The van der Waals surface area contributed by atoms with E-state index < -0.39 is 29.8 Å². The molecule has 0 aliphatic carbocycles. The van der Waals surface area contributed by atoms with Gasteiger partial charge in [-0.1, -0.05) is 79.7 Å². The molecule has 2 unspecified atom stereocenters. The highest BCUT2D eigenvalue weighted by Gasteiger charge is 2.49. The maximum absolute atomic E-state index is 13.2. The molecule has 7 nitrogen and oxygen atoms in total. The first-order valence-corrected chi connectivity index (χ1v) is 15.2. The third kappa shape index (κ3) is 11.3. The molecule has 232 valence electrons. The first-order valence-electron chi connectivity index (χ1n) is 15.2. The molecule has 1 fully saturated rings. The van der Waals surface area contributed by atoms with Crippen LogP contribution in [0.3, 0.4) is 0 Å². The summed E-state index contributed by atoms with van der Waals surface area (Å²) in [4.78, 5) is 13.2. The Morgan fingerprint density at radius 1 is 0.810 bits per heavy atom. The molecular weight excluding hydrogens is 532 g/mol. The van der Waals surface area contributed by atoms with Crippen LogP contribution in [-0.4, -0.2) is 63.4 Å². The molecule has 0 radical (unpaired) electrons. The molecule has 0 N–H and O–H groups in total. The molecule has 5 atom stereocenters. The molecule has 1 heterocycles. The molecule has 1 saturated heterocycles. The third-order valence-corrected chi connectivity index (χ3v) is 7.16. The molecule has 2 aromatic carbocycles. The number of ether oxygens (including phenoxy) is 6. The number of carbonyl (C=O) groups excluding carboxylic acids is 1. The van der Waals surface area contributed by atoms with Crippen molar-refractivity contribution in [2.75, 3.05) is 26.9 Å². The van der Waals surface area contributed by atoms with Crippen LogP contribution < -0.4 is 0 Å². The van der Waals surface area contributed by atoms with Gasteiger partial charge >= 0.3 is 5.97 Å². The fourth-order valence-electron chi connectivity index (χ4n) is 4.75. The summed E-state index contributed by atoms with van der Waals surface area (Å²) in [5.74, 6) is -0.315. The van der Waals surface area contributed by atoms with E-state index >= 15 is 0 Å². The maximum atomic E-state index is 13.2. The van der Waals surface area contributed by atoms with E-state index in [1.165, 1.54) is 0 Å². The Hall–Kier alpha value is -2.55. The molecular formula is C35H50O7. The molecule has 0 amide bonds. The highest BCUT2D eigenvalue weighted by molar-refractivity contribution is 5.75. The summed E-state index contributed by atoms with van der Waals surface area (Å²) < 4.78 is 37.1. The van der Waals surface area contributed by atoms with Gasteiger partial charge in [0.2, 0.25) is 0 Å². The van der Waals surface area contributed by atoms with Crippen molar-refractivity contribution in [1.29, 1.82) is 0 Å². The highest BCUT2D eigenvalue weighted by Crippen LogP contribution is 2.33. The lowest BCUT2D eigenvalue weighted by atomic mass is 9.92. The van der Waals surface area contributed by atoms with Gasteiger partial charge in [0.05, 0.1) is 37.9 Å². The summed E-state index contributed by atoms with van der Waals surface area (Å²) in [6.45, 7) is 9.97. The summed E-state index contributed by atoms with van der Waals surface area (Å²) >= 11 is 0. The topological polar surface area (TPSA) is 72.5 Å². The van der Waals surface area contributed by atoms with Gasteiger partial charge in [-0.15, -0.1) is 0 Å². The lowest BCUT2D eigenvalue weighted by molar-refractivity contribution is -0.267. The third-order valence-electron chi connectivity index (χ3n) is 7.16. The SMILES string of the molecule is CCC1O[C@@H](COCC/C=C\CCCOC)C(OC(=O)C(C)(C)C)[C@@H](OCc2ccccc2)[C@H]1OCc1ccccc1. The van der Waals surface area contributed by atoms with Gasteiger partial charge in [0.1, 0.15) is 18.3 Å². The van der Waals surface area contributed by atoms with E-state index in [9.17, 15) is 4.79 Å². The van der Waals surface area contributed by atoms with Crippen LogP contribution in [0.15, 0.2) is 72.8 Å². The second-order valence-corrected chi connectivity index (χ2v) is 11.7. The van der Waals surface area contributed by atoms with Gasteiger partial charge in [0, 0.05) is 13.7 Å². The molecule has 42 heavy (non-hydrogen) atoms. The Kier molecular flexibility index (Phi) is 14.7. The predicted molar refractivity (Wildman–Crippen MR) is 164 cm³/mol. The second-order valence-electron chi connectivity index (χ2n) is 11.7. The van der Waals surface area contributed by atoms with E-state index in [0.717, 1.165) is 37.0 Å². The van der Waals surface area contributed by atoms with Crippen molar-refractivity contribution in [1.82, 2.24) is 0 Å². The van der Waals surface area contributed by atoms with Crippen molar-refractivity contribution in [3.05, 3.63) is 83.9 Å². The fraction of sp³-hybridized carbons (Fsp3) is 0.571. The molecule has 0 spiro atoms. The lowest BCUT2D eigenvalue weighted by Gasteiger charge is -2.46. The van der Waals surface area contributed by atoms with Crippen LogP contribution in [-0.2, 0) is 46.4 Å². The van der Waals surface area contributed by atoms with Gasteiger partial charge in [0.25, 0.3) is 0 Å². The minimum absolute atomic E-state index is 0.256. The lowest BCUT2D eigenvalue weighted by Crippen LogP contribution is -2.61. The number of allylic oxidation sites excluding steroid dienone is 1. The summed E-state index contributed by atoms with van der Waals surface area (Å²) in [5.41, 5.74) is 1.40. The van der Waals surface area contributed by atoms with E-state index in [4.69, 9.17) is 28.4 Å². The van der Waals surface area contributed by atoms with E-state index in [-0.39, 0.29) is 18.7 Å². The Morgan fingerprint density at radius 3 is 1.98 bits per heavy atom. The Labute approximate surface area is 252 Å². The van der Waals surface area contributed by atoms with E-state index in [0.29, 0.717) is 26.2 Å². The zero-order valence-corrected chi connectivity index (χ0v) is 26.0. The number of carbonyl (C=O) groups is 1. The van der Waals surface area contributed by atoms with E-state index in [1.54, 1.807) is 7.11 Å². The van der Waals surface area contributed by atoms with Crippen LogP contribution >= 0.6 is 0 Å². The van der Waals surface area contributed by atoms with Gasteiger partial charge in [-0.3, -0.25) is 4.79 Å². The summed E-state index contributed by atoms with van der Waals surface area (Å²) in [7, 11) is 1.72. The first-order chi connectivity index (χ1) is 20.3. The monoisotopic (exact) mass is 582 g/mol. The van der Waals surface area contributed by atoms with Crippen LogP contribution in [0.4, 0.5) is 0 Å². The van der Waals surface area contributed by atoms with Gasteiger partial charge in [0.15, 0.2) is 6.10 Å². The zero-order chi connectivity index (χ0) is 30.2. The maximum Gasteiger partial charge on any atom is 0.311 e. The van der Waals surface area contributed by atoms with Crippen molar-refractivity contribution in [2.24, 2.45) is 5.41 Å². The second kappa shape index (κ2) is 18.2. The summed E-state index contributed by atoms with van der Waals surface area (Å²) in [6, 6.07) is 20.0. The predicted octanol–water partition coefficient (Wildman–Crippen LogP) is 6.68. The average molecular weight is 583 g/mol. The first kappa shape index (κ1) is 33.9. The smallest absolute Gasteiger partial charge is 0.311 e. The van der Waals surface area contributed by atoms with Crippen molar-refractivity contribution in [3.8, 4) is 0 Å². The number of hydrogen-bond donors (Lipinski definition) is 0. The summed E-state index contributed by atoms with van der Waals surface area (Å²) in [6.07, 6.45) is 5.33. The van der Waals surface area contributed by atoms with Gasteiger partial charge < -0.3 is 28.4 Å². The van der Waals surface area contributed by atoms with Gasteiger partial charge in [-0.2, -0.15) is 0 Å². The number of benzene rings is 2. The van der Waals surface area contributed by atoms with Crippen molar-refractivity contribution in [3.63, 3.8) is 0 Å².